The van der Waals surface area contributed by atoms with Crippen LogP contribution in [0.5, 0.6) is 0 Å². The number of fused-ring (bicyclic) bond motifs is 1. The molecule has 0 spiro atoms. The first-order chi connectivity index (χ1) is 7.59. The normalized spacial score (nSPS) is 11.2. The number of H-pyrrole nitrogens is 1. The summed E-state index contributed by atoms with van der Waals surface area (Å²) in [6, 6.07) is 0. The van der Waals surface area contributed by atoms with Crippen molar-refractivity contribution >= 4 is 11.2 Å². The molecule has 0 amide bonds. The van der Waals surface area contributed by atoms with Crippen LogP contribution < -0.4 is 11.2 Å². The average Bonchev–Trinajstić information content (AvgIpc) is 2.24. The second-order valence-corrected chi connectivity index (χ2v) is 3.99. The highest BCUT2D eigenvalue weighted by Gasteiger charge is 2.09. The topological polar surface area (TPSA) is 80.6 Å². The van der Waals surface area contributed by atoms with Crippen molar-refractivity contribution in [3.8, 4) is 0 Å². The maximum absolute atomic E-state index is 11.9. The van der Waals surface area contributed by atoms with Crippen molar-refractivity contribution in [3.05, 3.63) is 33.2 Å². The lowest BCUT2D eigenvalue weighted by molar-refractivity contribution is 0.495. The highest BCUT2D eigenvalue weighted by atomic mass is 16.2. The van der Waals surface area contributed by atoms with Gasteiger partial charge < -0.3 is 0 Å². The molecule has 84 valence electrons. The molecule has 0 atom stereocenters. The van der Waals surface area contributed by atoms with Gasteiger partial charge in [-0.1, -0.05) is 13.8 Å². The Morgan fingerprint density at radius 1 is 1.31 bits per heavy atom. The van der Waals surface area contributed by atoms with Gasteiger partial charge in [-0.25, -0.2) is 14.8 Å². The van der Waals surface area contributed by atoms with Crippen LogP contribution in [-0.2, 0) is 6.54 Å². The molecule has 0 fully saturated rings. The standard InChI is InChI=1S/C10H12N4O2/c1-6(2)5-14-9(15)7-8(13-10(14)16)12-4-3-11-7/h3-4,6H,5H2,1-2H3,(H,12,13,16). The SMILES string of the molecule is CC(C)Cn1c(=O)[nH]c2nccnc2c1=O. The third-order valence-corrected chi connectivity index (χ3v) is 2.16. The maximum atomic E-state index is 11.9. The highest BCUT2D eigenvalue weighted by Crippen LogP contribution is 1.97. The van der Waals surface area contributed by atoms with Crippen molar-refractivity contribution in [3.63, 3.8) is 0 Å². The van der Waals surface area contributed by atoms with E-state index in [4.69, 9.17) is 0 Å². The summed E-state index contributed by atoms with van der Waals surface area (Å²) in [5.74, 6) is 0.216. The van der Waals surface area contributed by atoms with Gasteiger partial charge in [0, 0.05) is 18.9 Å². The van der Waals surface area contributed by atoms with Gasteiger partial charge in [0.2, 0.25) is 0 Å². The highest BCUT2D eigenvalue weighted by molar-refractivity contribution is 5.66. The Labute approximate surface area is 91.0 Å². The lowest BCUT2D eigenvalue weighted by Crippen LogP contribution is -2.36. The van der Waals surface area contributed by atoms with E-state index in [-0.39, 0.29) is 22.6 Å². The van der Waals surface area contributed by atoms with E-state index in [1.165, 1.54) is 12.4 Å². The summed E-state index contributed by atoms with van der Waals surface area (Å²) in [6.07, 6.45) is 2.87. The molecule has 0 aliphatic carbocycles. The molecule has 1 N–H and O–H groups in total. The Morgan fingerprint density at radius 3 is 2.69 bits per heavy atom. The predicted octanol–water partition coefficient (Wildman–Crippen LogP) is 0.136. The molecule has 2 aromatic heterocycles. The molecular weight excluding hydrogens is 208 g/mol. The van der Waals surface area contributed by atoms with Crippen molar-refractivity contribution in [2.45, 2.75) is 20.4 Å². The second kappa shape index (κ2) is 3.88. The Kier molecular flexibility index (Phi) is 2.55. The maximum Gasteiger partial charge on any atom is 0.330 e. The summed E-state index contributed by atoms with van der Waals surface area (Å²) < 4.78 is 1.15. The molecule has 0 aromatic carbocycles. The Balaban J connectivity index is 2.76. The van der Waals surface area contributed by atoms with Crippen LogP contribution in [-0.4, -0.2) is 19.5 Å². The van der Waals surface area contributed by atoms with Gasteiger partial charge in [-0.05, 0) is 5.92 Å². The van der Waals surface area contributed by atoms with Crippen molar-refractivity contribution in [1.29, 1.82) is 0 Å². The van der Waals surface area contributed by atoms with E-state index in [1.807, 2.05) is 13.8 Å². The number of hydrogen-bond acceptors (Lipinski definition) is 4. The minimum atomic E-state index is -0.438. The van der Waals surface area contributed by atoms with Crippen molar-refractivity contribution < 1.29 is 0 Å². The number of nitrogens with zero attached hydrogens (tertiary/aromatic N) is 3. The van der Waals surface area contributed by atoms with Crippen molar-refractivity contribution in [2.24, 2.45) is 5.92 Å². The van der Waals surface area contributed by atoms with Crippen LogP contribution in [0.2, 0.25) is 0 Å². The van der Waals surface area contributed by atoms with Crippen LogP contribution in [0.4, 0.5) is 0 Å². The smallest absolute Gasteiger partial charge is 0.290 e. The van der Waals surface area contributed by atoms with Gasteiger partial charge in [0.05, 0.1) is 0 Å². The van der Waals surface area contributed by atoms with Crippen LogP contribution >= 0.6 is 0 Å². The van der Waals surface area contributed by atoms with Gasteiger partial charge in [-0.3, -0.25) is 14.3 Å². The first-order valence-electron chi connectivity index (χ1n) is 5.03. The van der Waals surface area contributed by atoms with Crippen molar-refractivity contribution in [1.82, 2.24) is 19.5 Å². The van der Waals surface area contributed by atoms with Crippen LogP contribution in [0, 0.1) is 5.92 Å². The summed E-state index contributed by atoms with van der Waals surface area (Å²) in [5, 5.41) is 0. The number of hydrogen-bond donors (Lipinski definition) is 1. The minimum Gasteiger partial charge on any atom is -0.290 e. The van der Waals surface area contributed by atoms with Gasteiger partial charge in [-0.2, -0.15) is 0 Å². The lowest BCUT2D eigenvalue weighted by Gasteiger charge is -2.07. The molecule has 0 saturated heterocycles. The van der Waals surface area contributed by atoms with E-state index >= 15 is 0 Å². The molecular formula is C10H12N4O2. The Hall–Kier alpha value is -1.98. The predicted molar refractivity (Wildman–Crippen MR) is 59.3 cm³/mol. The molecule has 2 aromatic rings. The number of nitrogens with one attached hydrogen (secondary N) is 1. The van der Waals surface area contributed by atoms with E-state index < -0.39 is 5.69 Å². The van der Waals surface area contributed by atoms with Gasteiger partial charge in [0.1, 0.15) is 0 Å². The van der Waals surface area contributed by atoms with E-state index in [2.05, 4.69) is 15.0 Å². The van der Waals surface area contributed by atoms with E-state index in [1.54, 1.807) is 0 Å². The zero-order valence-electron chi connectivity index (χ0n) is 9.10. The largest absolute Gasteiger partial charge is 0.330 e. The van der Waals surface area contributed by atoms with E-state index in [0.29, 0.717) is 6.54 Å². The summed E-state index contributed by atoms with van der Waals surface area (Å²) in [6.45, 7) is 4.25. The number of aromatic amines is 1. The van der Waals surface area contributed by atoms with Crippen LogP contribution in [0.15, 0.2) is 22.0 Å². The zero-order valence-corrected chi connectivity index (χ0v) is 9.10. The Morgan fingerprint density at radius 2 is 2.00 bits per heavy atom. The van der Waals surface area contributed by atoms with Gasteiger partial charge in [0.15, 0.2) is 11.2 Å². The van der Waals surface area contributed by atoms with Gasteiger partial charge in [0.25, 0.3) is 5.56 Å². The molecule has 6 nitrogen and oxygen atoms in total. The van der Waals surface area contributed by atoms with E-state index in [0.717, 1.165) is 4.57 Å². The Bertz CT molecular complexity index is 626. The summed E-state index contributed by atoms with van der Waals surface area (Å²) in [4.78, 5) is 33.9. The van der Waals surface area contributed by atoms with Gasteiger partial charge in [-0.15, -0.1) is 0 Å². The lowest BCUT2D eigenvalue weighted by atomic mass is 10.2. The molecule has 2 heterocycles. The van der Waals surface area contributed by atoms with Gasteiger partial charge >= 0.3 is 5.69 Å². The molecule has 6 heteroatoms. The van der Waals surface area contributed by atoms with Crippen LogP contribution in [0.1, 0.15) is 13.8 Å². The minimum absolute atomic E-state index is 0.197. The third kappa shape index (κ3) is 1.73. The summed E-state index contributed by atoms with van der Waals surface area (Å²) in [7, 11) is 0. The fraction of sp³-hybridized carbons (Fsp3) is 0.400. The quantitative estimate of drug-likeness (QED) is 0.780. The first-order valence-corrected chi connectivity index (χ1v) is 5.03. The van der Waals surface area contributed by atoms with Crippen LogP contribution in [0.25, 0.3) is 11.2 Å². The fourth-order valence-corrected chi connectivity index (χ4v) is 1.51. The monoisotopic (exact) mass is 220 g/mol. The molecule has 2 rings (SSSR count). The molecule has 0 unspecified atom stereocenters. The van der Waals surface area contributed by atoms with Crippen LogP contribution in [0.3, 0.4) is 0 Å². The number of aromatic nitrogens is 4. The van der Waals surface area contributed by atoms with E-state index in [9.17, 15) is 9.59 Å². The fourth-order valence-electron chi connectivity index (χ4n) is 1.51. The van der Waals surface area contributed by atoms with Crippen molar-refractivity contribution in [2.75, 3.05) is 0 Å². The zero-order chi connectivity index (χ0) is 11.7. The molecule has 0 bridgehead atoms. The second-order valence-electron chi connectivity index (χ2n) is 3.99. The molecule has 16 heavy (non-hydrogen) atoms. The first kappa shape index (κ1) is 10.5. The molecule has 0 radical (unpaired) electrons. The summed E-state index contributed by atoms with van der Waals surface area (Å²) >= 11 is 0. The third-order valence-electron chi connectivity index (χ3n) is 2.16. The summed E-state index contributed by atoms with van der Waals surface area (Å²) in [5.41, 5.74) is -0.396. The number of rotatable bonds is 2. The molecule has 0 saturated carbocycles. The average molecular weight is 220 g/mol. The molecule has 0 aliphatic heterocycles. The molecule has 0 aliphatic rings.